The van der Waals surface area contributed by atoms with Gasteiger partial charge in [0.1, 0.15) is 6.54 Å². The first kappa shape index (κ1) is 13.7. The fraction of sp³-hybridized carbons (Fsp3) is 0.375. The minimum Gasteiger partial charge on any atom is -0.376 e. The van der Waals surface area contributed by atoms with E-state index in [4.69, 9.17) is 5.73 Å². The van der Waals surface area contributed by atoms with Gasteiger partial charge in [-0.05, 0) is 30.4 Å². The van der Waals surface area contributed by atoms with Crippen molar-refractivity contribution in [2.75, 3.05) is 5.32 Å². The van der Waals surface area contributed by atoms with Gasteiger partial charge >= 0.3 is 0 Å². The van der Waals surface area contributed by atoms with E-state index in [0.717, 1.165) is 18.5 Å². The lowest BCUT2D eigenvalue weighted by molar-refractivity contribution is -0.118. The van der Waals surface area contributed by atoms with Crippen LogP contribution in [0.15, 0.2) is 36.7 Å². The number of nitrogens with zero attached hydrogens (tertiary/aromatic N) is 2. The Morgan fingerprint density at radius 1 is 1.38 bits per heavy atom. The normalized spacial score (nSPS) is 17.8. The summed E-state index contributed by atoms with van der Waals surface area (Å²) in [6.45, 7) is 0.114. The molecule has 0 spiro atoms. The molecule has 1 unspecified atom stereocenters. The number of anilines is 1. The highest BCUT2D eigenvalue weighted by Crippen LogP contribution is 2.31. The maximum atomic E-state index is 10.9. The number of carbonyl (C=O) groups is 1. The lowest BCUT2D eigenvalue weighted by atomic mass is 9.99. The molecule has 0 aliphatic heterocycles. The van der Waals surface area contributed by atoms with Crippen molar-refractivity contribution in [2.24, 2.45) is 5.73 Å². The maximum Gasteiger partial charge on any atom is 0.239 e. The molecule has 5 nitrogen and oxygen atoms in total. The van der Waals surface area contributed by atoms with Crippen molar-refractivity contribution < 1.29 is 4.79 Å². The van der Waals surface area contributed by atoms with Gasteiger partial charge in [-0.15, -0.1) is 0 Å². The molecule has 5 heteroatoms. The van der Waals surface area contributed by atoms with Gasteiger partial charge in [0.15, 0.2) is 0 Å². The van der Waals surface area contributed by atoms with Crippen molar-refractivity contribution in [3.63, 3.8) is 0 Å². The van der Waals surface area contributed by atoms with Gasteiger partial charge in [0.2, 0.25) is 5.91 Å². The van der Waals surface area contributed by atoms with Crippen LogP contribution < -0.4 is 11.1 Å². The van der Waals surface area contributed by atoms with Gasteiger partial charge in [0.05, 0.1) is 17.9 Å². The van der Waals surface area contributed by atoms with Gasteiger partial charge in [-0.2, -0.15) is 5.10 Å². The summed E-state index contributed by atoms with van der Waals surface area (Å²) in [5, 5.41) is 7.69. The molecule has 1 aliphatic carbocycles. The Bertz CT molecular complexity index is 635. The van der Waals surface area contributed by atoms with E-state index in [2.05, 4.69) is 34.7 Å². The highest BCUT2D eigenvalue weighted by Gasteiger charge is 2.18. The summed E-state index contributed by atoms with van der Waals surface area (Å²) in [4.78, 5) is 10.9. The van der Waals surface area contributed by atoms with Gasteiger partial charge in [0, 0.05) is 6.20 Å². The predicted octanol–water partition coefficient (Wildman–Crippen LogP) is 2.25. The molecule has 0 bridgehead atoms. The summed E-state index contributed by atoms with van der Waals surface area (Å²) >= 11 is 0. The third-order valence-electron chi connectivity index (χ3n) is 3.91. The number of amides is 1. The zero-order valence-electron chi connectivity index (χ0n) is 12.0. The van der Waals surface area contributed by atoms with Crippen molar-refractivity contribution in [1.29, 1.82) is 0 Å². The maximum absolute atomic E-state index is 10.9. The van der Waals surface area contributed by atoms with Gasteiger partial charge in [-0.1, -0.05) is 30.7 Å². The van der Waals surface area contributed by atoms with Crippen LogP contribution in [0.2, 0.25) is 0 Å². The van der Waals surface area contributed by atoms with Crippen LogP contribution >= 0.6 is 0 Å². The van der Waals surface area contributed by atoms with E-state index in [1.807, 2.05) is 6.20 Å². The molecule has 0 fully saturated rings. The number of carbonyl (C=O) groups excluding carboxylic acids is 1. The molecule has 1 aromatic carbocycles. The van der Waals surface area contributed by atoms with Crippen LogP contribution in [0.3, 0.4) is 0 Å². The average molecular weight is 284 g/mol. The number of primary amides is 1. The summed E-state index contributed by atoms with van der Waals surface area (Å²) in [5.41, 5.74) is 8.91. The second kappa shape index (κ2) is 5.99. The Labute approximate surface area is 124 Å². The van der Waals surface area contributed by atoms with Gasteiger partial charge in [0.25, 0.3) is 0 Å². The molecule has 3 rings (SSSR count). The lowest BCUT2D eigenvalue weighted by Gasteiger charge is -2.19. The number of rotatable bonds is 4. The molecular formula is C16H20N4O. The van der Waals surface area contributed by atoms with Crippen molar-refractivity contribution in [3.8, 4) is 0 Å². The fourth-order valence-electron chi connectivity index (χ4n) is 2.96. The second-order valence-electron chi connectivity index (χ2n) is 5.53. The minimum absolute atomic E-state index is 0.114. The van der Waals surface area contributed by atoms with Crippen LogP contribution in [0.1, 0.15) is 36.4 Å². The van der Waals surface area contributed by atoms with Crippen molar-refractivity contribution >= 4 is 11.6 Å². The lowest BCUT2D eigenvalue weighted by Crippen LogP contribution is -2.18. The highest BCUT2D eigenvalue weighted by molar-refractivity contribution is 5.73. The molecule has 1 heterocycles. The number of aromatic nitrogens is 2. The molecule has 0 saturated heterocycles. The third kappa shape index (κ3) is 3.24. The van der Waals surface area contributed by atoms with E-state index in [9.17, 15) is 4.79 Å². The molecule has 3 N–H and O–H groups in total. The number of fused-ring (bicyclic) bond motifs is 1. The highest BCUT2D eigenvalue weighted by atomic mass is 16.1. The van der Waals surface area contributed by atoms with E-state index >= 15 is 0 Å². The summed E-state index contributed by atoms with van der Waals surface area (Å²) in [6.07, 6.45) is 8.28. The summed E-state index contributed by atoms with van der Waals surface area (Å²) in [7, 11) is 0. The molecule has 21 heavy (non-hydrogen) atoms. The Morgan fingerprint density at radius 2 is 2.24 bits per heavy atom. The van der Waals surface area contributed by atoms with Crippen molar-refractivity contribution in [3.05, 3.63) is 47.8 Å². The number of hydrogen-bond acceptors (Lipinski definition) is 3. The molecule has 1 atom stereocenters. The number of benzene rings is 1. The molecule has 1 amide bonds. The van der Waals surface area contributed by atoms with E-state index in [1.165, 1.54) is 24.0 Å². The standard InChI is InChI=1S/C16H20N4O/c17-16(21)11-20-10-13(9-18-20)19-15-8-4-2-6-12-5-1-3-7-14(12)15/h1,3,5,7,9-10,15,19H,2,4,6,8,11H2,(H2,17,21). The van der Waals surface area contributed by atoms with Crippen molar-refractivity contribution in [1.82, 2.24) is 9.78 Å². The van der Waals surface area contributed by atoms with Crippen LogP contribution in [-0.2, 0) is 17.8 Å². The van der Waals surface area contributed by atoms with Crippen LogP contribution in [0.5, 0.6) is 0 Å². The quantitative estimate of drug-likeness (QED) is 0.846. The van der Waals surface area contributed by atoms with Gasteiger partial charge in [-0.25, -0.2) is 0 Å². The Kier molecular flexibility index (Phi) is 3.90. The third-order valence-corrected chi connectivity index (χ3v) is 3.91. The Morgan fingerprint density at radius 3 is 3.10 bits per heavy atom. The molecule has 0 saturated carbocycles. The first-order chi connectivity index (χ1) is 10.2. The van der Waals surface area contributed by atoms with E-state index in [-0.39, 0.29) is 12.5 Å². The van der Waals surface area contributed by atoms with Crippen LogP contribution in [0.25, 0.3) is 0 Å². The topological polar surface area (TPSA) is 72.9 Å². The Hall–Kier alpha value is -2.30. The monoisotopic (exact) mass is 284 g/mol. The summed E-state index contributed by atoms with van der Waals surface area (Å²) < 4.78 is 1.56. The number of nitrogens with two attached hydrogens (primary N) is 1. The van der Waals surface area contributed by atoms with Crippen molar-refractivity contribution in [2.45, 2.75) is 38.3 Å². The summed E-state index contributed by atoms with van der Waals surface area (Å²) in [6, 6.07) is 8.91. The van der Waals surface area contributed by atoms with E-state index in [0.29, 0.717) is 6.04 Å². The Balaban J connectivity index is 1.78. The molecule has 2 aromatic rings. The summed E-state index contributed by atoms with van der Waals surface area (Å²) in [5.74, 6) is -0.385. The second-order valence-corrected chi connectivity index (χ2v) is 5.53. The van der Waals surface area contributed by atoms with E-state index in [1.54, 1.807) is 10.9 Å². The van der Waals surface area contributed by atoms with Crippen LogP contribution in [0, 0.1) is 0 Å². The van der Waals surface area contributed by atoms with Gasteiger partial charge < -0.3 is 11.1 Å². The van der Waals surface area contributed by atoms with Crippen LogP contribution in [-0.4, -0.2) is 15.7 Å². The largest absolute Gasteiger partial charge is 0.376 e. The predicted molar refractivity (Wildman–Crippen MR) is 81.8 cm³/mol. The smallest absolute Gasteiger partial charge is 0.239 e. The van der Waals surface area contributed by atoms with E-state index < -0.39 is 0 Å². The molecule has 0 radical (unpaired) electrons. The number of hydrogen-bond donors (Lipinski definition) is 2. The molecular weight excluding hydrogens is 264 g/mol. The first-order valence-electron chi connectivity index (χ1n) is 7.37. The first-order valence-corrected chi connectivity index (χ1v) is 7.37. The van der Waals surface area contributed by atoms with Gasteiger partial charge in [-0.3, -0.25) is 9.48 Å². The fourth-order valence-corrected chi connectivity index (χ4v) is 2.96. The SMILES string of the molecule is NC(=O)Cn1cc(NC2CCCCc3ccccc32)cn1. The molecule has 110 valence electrons. The number of nitrogens with one attached hydrogen (secondary N) is 1. The molecule has 1 aliphatic rings. The number of aryl methyl sites for hydroxylation is 1. The zero-order chi connectivity index (χ0) is 14.7. The average Bonchev–Trinajstić information content (AvgIpc) is 2.78. The van der Waals surface area contributed by atoms with Crippen LogP contribution in [0.4, 0.5) is 5.69 Å². The molecule has 1 aromatic heterocycles. The zero-order valence-corrected chi connectivity index (χ0v) is 12.0. The minimum atomic E-state index is -0.385.